The van der Waals surface area contributed by atoms with Gasteiger partial charge in [0, 0.05) is 13.1 Å². The number of rotatable bonds is 5. The van der Waals surface area contributed by atoms with Gasteiger partial charge < -0.3 is 14.8 Å². The average molecular weight is 244 g/mol. The van der Waals surface area contributed by atoms with Crippen LogP contribution in [0.15, 0.2) is 54.4 Å². The molecule has 4 heteroatoms. The van der Waals surface area contributed by atoms with Crippen LogP contribution in [0.5, 0.6) is 0 Å². The quantitative estimate of drug-likeness (QED) is 0.262. The first-order valence-corrected chi connectivity index (χ1v) is 5.79. The van der Waals surface area contributed by atoms with Crippen molar-refractivity contribution in [3.8, 4) is 0 Å². The summed E-state index contributed by atoms with van der Waals surface area (Å²) < 4.78 is 5.93. The van der Waals surface area contributed by atoms with Crippen LogP contribution in [0.3, 0.4) is 0 Å². The summed E-state index contributed by atoms with van der Waals surface area (Å²) in [6, 6.07) is 10.1. The maximum absolute atomic E-state index is 10.8. The number of hydrogen-bond acceptors (Lipinski definition) is 3. The Morgan fingerprint density at radius 2 is 2.11 bits per heavy atom. The van der Waals surface area contributed by atoms with E-state index in [2.05, 4.69) is 29.8 Å². The first-order valence-electron chi connectivity index (χ1n) is 5.79. The second-order valence-electron chi connectivity index (χ2n) is 4.05. The third-order valence-corrected chi connectivity index (χ3v) is 2.59. The lowest BCUT2D eigenvalue weighted by Crippen LogP contribution is -2.27. The molecule has 18 heavy (non-hydrogen) atoms. The first kappa shape index (κ1) is 12.2. The molecule has 1 aliphatic rings. The predicted octanol–water partition coefficient (Wildman–Crippen LogP) is 2.08. The van der Waals surface area contributed by atoms with Crippen molar-refractivity contribution in [1.82, 2.24) is 4.90 Å². The molecule has 1 aromatic rings. The van der Waals surface area contributed by atoms with E-state index in [4.69, 9.17) is 4.74 Å². The Bertz CT molecular complexity index is 466. The molecule has 0 radical (unpaired) electrons. The Kier molecular flexibility index (Phi) is 4.02. The number of hydroxylamine groups is 1. The normalized spacial score (nSPS) is 14.2. The maximum Gasteiger partial charge on any atom is 0.298 e. The van der Waals surface area contributed by atoms with Crippen molar-refractivity contribution in [2.75, 3.05) is 13.3 Å². The minimum absolute atomic E-state index is 0.0645. The predicted molar refractivity (Wildman–Crippen MR) is 70.8 cm³/mol. The molecule has 2 rings (SSSR count). The molecule has 0 aliphatic carbocycles. The molecule has 0 saturated carbocycles. The molecule has 0 spiro atoms. The van der Waals surface area contributed by atoms with E-state index in [-0.39, 0.29) is 6.73 Å². The largest absolute Gasteiger partial charge is 0.622 e. The van der Waals surface area contributed by atoms with Crippen LogP contribution in [0.1, 0.15) is 5.56 Å². The Morgan fingerprint density at radius 1 is 1.33 bits per heavy atom. The van der Waals surface area contributed by atoms with Crippen molar-refractivity contribution in [1.29, 1.82) is 0 Å². The molecule has 0 unspecified atom stereocenters. The number of benzene rings is 1. The zero-order valence-corrected chi connectivity index (χ0v) is 10.2. The summed E-state index contributed by atoms with van der Waals surface area (Å²) in [7, 11) is 0. The summed E-state index contributed by atoms with van der Waals surface area (Å²) >= 11 is 0. The summed E-state index contributed by atoms with van der Waals surface area (Å²) in [4.78, 5) is 2.07. The van der Waals surface area contributed by atoms with Gasteiger partial charge in [0.05, 0.1) is 0 Å². The van der Waals surface area contributed by atoms with Crippen LogP contribution < -0.4 is 0 Å². The van der Waals surface area contributed by atoms with Gasteiger partial charge >= 0.3 is 0 Å². The minimum Gasteiger partial charge on any atom is -0.622 e. The lowest BCUT2D eigenvalue weighted by molar-refractivity contribution is -0.495. The Morgan fingerprint density at radius 3 is 2.83 bits per heavy atom. The highest BCUT2D eigenvalue weighted by molar-refractivity contribution is 5.19. The van der Waals surface area contributed by atoms with Gasteiger partial charge in [-0.25, -0.2) is 0 Å². The van der Waals surface area contributed by atoms with Crippen LogP contribution in [-0.4, -0.2) is 29.6 Å². The van der Waals surface area contributed by atoms with Gasteiger partial charge in [-0.3, -0.25) is 0 Å². The standard InChI is InChI=1S/C14H16N2O2/c1-15(17)12-18-14-9-5-6-10-16(14)11-13-7-3-2-4-8-13/h2-9H,1,10-12H2. The molecule has 94 valence electrons. The maximum atomic E-state index is 10.8. The fraction of sp³-hybridized carbons (Fsp3) is 0.214. The van der Waals surface area contributed by atoms with Gasteiger partial charge in [-0.15, -0.1) is 0 Å². The van der Waals surface area contributed by atoms with Crippen LogP contribution in [0, 0.1) is 5.21 Å². The number of hydrogen-bond donors (Lipinski definition) is 0. The van der Waals surface area contributed by atoms with Crippen molar-refractivity contribution in [3.05, 3.63) is 65.2 Å². The van der Waals surface area contributed by atoms with Crippen LogP contribution in [-0.2, 0) is 11.3 Å². The smallest absolute Gasteiger partial charge is 0.298 e. The molecule has 0 aromatic heterocycles. The molecule has 0 amide bonds. The van der Waals surface area contributed by atoms with Crippen molar-refractivity contribution in [3.63, 3.8) is 0 Å². The zero-order chi connectivity index (χ0) is 12.8. The van der Waals surface area contributed by atoms with E-state index in [1.807, 2.05) is 30.4 Å². The molecule has 0 fully saturated rings. The van der Waals surface area contributed by atoms with Gasteiger partial charge in [-0.2, -0.15) is 4.74 Å². The van der Waals surface area contributed by atoms with E-state index in [1.165, 1.54) is 5.56 Å². The second-order valence-corrected chi connectivity index (χ2v) is 4.05. The first-order chi connectivity index (χ1) is 8.75. The summed E-state index contributed by atoms with van der Waals surface area (Å²) in [5.74, 6) is 0.700. The third kappa shape index (κ3) is 3.38. The van der Waals surface area contributed by atoms with E-state index in [0.717, 1.165) is 13.1 Å². The van der Waals surface area contributed by atoms with Crippen molar-refractivity contribution < 1.29 is 9.48 Å². The van der Waals surface area contributed by atoms with E-state index < -0.39 is 0 Å². The molecule has 0 saturated heterocycles. The fourth-order valence-electron chi connectivity index (χ4n) is 1.76. The van der Waals surface area contributed by atoms with Crippen LogP contribution in [0.4, 0.5) is 0 Å². The Hall–Kier alpha value is -2.23. The topological polar surface area (TPSA) is 38.5 Å². The summed E-state index contributed by atoms with van der Waals surface area (Å²) in [5.41, 5.74) is 1.20. The lowest BCUT2D eigenvalue weighted by Gasteiger charge is -2.27. The fourth-order valence-corrected chi connectivity index (χ4v) is 1.76. The molecule has 1 aliphatic heterocycles. The SMILES string of the molecule is C=[N+]([O-])COC1=CC=CCN1Cc1ccccc1. The second kappa shape index (κ2) is 5.91. The number of nitrogens with zero attached hydrogens (tertiary/aromatic N) is 2. The van der Waals surface area contributed by atoms with Gasteiger partial charge in [0.25, 0.3) is 6.73 Å². The van der Waals surface area contributed by atoms with Gasteiger partial charge in [-0.05, 0) is 11.6 Å². The van der Waals surface area contributed by atoms with Gasteiger partial charge in [0.1, 0.15) is 6.72 Å². The summed E-state index contributed by atoms with van der Waals surface area (Å²) in [6.45, 7) is 4.69. The number of ether oxygens (including phenoxy) is 1. The van der Waals surface area contributed by atoms with Crippen LogP contribution >= 0.6 is 0 Å². The molecule has 4 nitrogen and oxygen atoms in total. The van der Waals surface area contributed by atoms with E-state index >= 15 is 0 Å². The lowest BCUT2D eigenvalue weighted by atomic mass is 10.2. The Labute approximate surface area is 107 Å². The molecule has 1 heterocycles. The molecule has 0 atom stereocenters. The zero-order valence-electron chi connectivity index (χ0n) is 10.2. The van der Waals surface area contributed by atoms with E-state index in [9.17, 15) is 5.21 Å². The Balaban J connectivity index is 2.00. The van der Waals surface area contributed by atoms with Crippen LogP contribution in [0.25, 0.3) is 0 Å². The molecular weight excluding hydrogens is 228 g/mol. The van der Waals surface area contributed by atoms with Crippen molar-refractivity contribution in [2.45, 2.75) is 6.54 Å². The molecule has 0 N–H and O–H groups in total. The summed E-state index contributed by atoms with van der Waals surface area (Å²) in [6.07, 6.45) is 5.83. The van der Waals surface area contributed by atoms with Crippen molar-refractivity contribution >= 4 is 6.72 Å². The average Bonchev–Trinajstić information content (AvgIpc) is 2.39. The van der Waals surface area contributed by atoms with E-state index in [1.54, 1.807) is 0 Å². The highest BCUT2D eigenvalue weighted by atomic mass is 16.6. The molecular formula is C14H16N2O2. The molecule has 1 aromatic carbocycles. The van der Waals surface area contributed by atoms with Crippen LogP contribution in [0.2, 0.25) is 0 Å². The highest BCUT2D eigenvalue weighted by Crippen LogP contribution is 2.15. The highest BCUT2D eigenvalue weighted by Gasteiger charge is 2.13. The summed E-state index contributed by atoms with van der Waals surface area (Å²) in [5, 5.41) is 10.8. The van der Waals surface area contributed by atoms with Gasteiger partial charge in [0.15, 0.2) is 5.88 Å². The molecule has 0 bridgehead atoms. The van der Waals surface area contributed by atoms with Crippen molar-refractivity contribution in [2.24, 2.45) is 0 Å². The number of allylic oxidation sites excluding steroid dienone is 2. The minimum atomic E-state index is -0.0645. The van der Waals surface area contributed by atoms with Gasteiger partial charge in [0.2, 0.25) is 0 Å². The monoisotopic (exact) mass is 244 g/mol. The van der Waals surface area contributed by atoms with E-state index in [0.29, 0.717) is 10.6 Å². The van der Waals surface area contributed by atoms with Gasteiger partial charge in [-0.1, -0.05) is 42.5 Å². The third-order valence-electron chi connectivity index (χ3n) is 2.59.